The van der Waals surface area contributed by atoms with E-state index in [0.717, 1.165) is 17.7 Å². The van der Waals surface area contributed by atoms with E-state index in [0.29, 0.717) is 10.8 Å². The molecule has 0 atom stereocenters. The monoisotopic (exact) mass is 310 g/mol. The third kappa shape index (κ3) is 3.61. The summed E-state index contributed by atoms with van der Waals surface area (Å²) in [6.07, 6.45) is 0. The van der Waals surface area contributed by atoms with Crippen LogP contribution in [0.25, 0.3) is 0 Å². The van der Waals surface area contributed by atoms with Crippen molar-refractivity contribution < 1.29 is 14.1 Å². The summed E-state index contributed by atoms with van der Waals surface area (Å²) in [7, 11) is 1.52. The molecule has 0 saturated carbocycles. The van der Waals surface area contributed by atoms with E-state index in [1.807, 2.05) is 0 Å². The van der Waals surface area contributed by atoms with Crippen LogP contribution in [0.3, 0.4) is 0 Å². The molecular formula is C14H12ClFN2O3. The summed E-state index contributed by atoms with van der Waals surface area (Å²) in [6, 6.07) is 8.44. The Bertz CT molecular complexity index is 679. The number of rotatable bonds is 5. The molecule has 0 aliphatic rings. The summed E-state index contributed by atoms with van der Waals surface area (Å²) in [5.41, 5.74) is 0.642. The molecule has 0 aliphatic carbocycles. The second-order valence-electron chi connectivity index (χ2n) is 4.23. The van der Waals surface area contributed by atoms with Gasteiger partial charge in [-0.05, 0) is 30.3 Å². The van der Waals surface area contributed by atoms with Crippen LogP contribution in [-0.2, 0) is 6.54 Å². The molecule has 0 radical (unpaired) electrons. The predicted octanol–water partition coefficient (Wildman–Crippen LogP) is 4.01. The lowest BCUT2D eigenvalue weighted by molar-refractivity contribution is -0.384. The number of anilines is 1. The highest BCUT2D eigenvalue weighted by molar-refractivity contribution is 6.30. The van der Waals surface area contributed by atoms with Crippen molar-refractivity contribution in [2.45, 2.75) is 6.54 Å². The fourth-order valence-electron chi connectivity index (χ4n) is 1.88. The van der Waals surface area contributed by atoms with Crippen molar-refractivity contribution >= 4 is 23.0 Å². The molecule has 21 heavy (non-hydrogen) atoms. The highest BCUT2D eigenvalue weighted by Crippen LogP contribution is 2.28. The van der Waals surface area contributed by atoms with E-state index in [9.17, 15) is 14.5 Å². The van der Waals surface area contributed by atoms with E-state index >= 15 is 0 Å². The molecule has 0 unspecified atom stereocenters. The first-order chi connectivity index (χ1) is 10.0. The van der Waals surface area contributed by atoms with Crippen LogP contribution < -0.4 is 10.1 Å². The molecule has 0 saturated heterocycles. The van der Waals surface area contributed by atoms with Gasteiger partial charge in [-0.2, -0.15) is 0 Å². The van der Waals surface area contributed by atoms with Gasteiger partial charge in [0.2, 0.25) is 0 Å². The molecule has 0 aromatic heterocycles. The summed E-state index contributed by atoms with van der Waals surface area (Å²) >= 11 is 5.92. The number of halogens is 2. The number of hydrogen-bond donors (Lipinski definition) is 1. The van der Waals surface area contributed by atoms with Crippen LogP contribution in [-0.4, -0.2) is 12.0 Å². The molecule has 0 heterocycles. The second kappa shape index (κ2) is 6.41. The minimum Gasteiger partial charge on any atom is -0.496 e. The molecule has 2 rings (SSSR count). The third-order valence-corrected chi connectivity index (χ3v) is 3.10. The number of nitrogens with zero attached hydrogens (tertiary/aromatic N) is 1. The minimum atomic E-state index is -0.660. The zero-order chi connectivity index (χ0) is 15.4. The molecule has 1 N–H and O–H groups in total. The molecular weight excluding hydrogens is 299 g/mol. The average Bonchev–Trinajstić information content (AvgIpc) is 2.46. The first kappa shape index (κ1) is 15.1. The van der Waals surface area contributed by atoms with Crippen molar-refractivity contribution in [3.63, 3.8) is 0 Å². The third-order valence-electron chi connectivity index (χ3n) is 2.87. The van der Waals surface area contributed by atoms with Crippen LogP contribution in [0.2, 0.25) is 5.02 Å². The van der Waals surface area contributed by atoms with Gasteiger partial charge in [0.15, 0.2) is 0 Å². The number of methoxy groups -OCH3 is 1. The van der Waals surface area contributed by atoms with Crippen molar-refractivity contribution in [3.8, 4) is 5.75 Å². The Balaban J connectivity index is 2.24. The van der Waals surface area contributed by atoms with Gasteiger partial charge in [0.05, 0.1) is 18.1 Å². The van der Waals surface area contributed by atoms with Crippen LogP contribution in [0.4, 0.5) is 15.8 Å². The molecule has 2 aromatic carbocycles. The summed E-state index contributed by atoms with van der Waals surface area (Å²) in [6.45, 7) is 0.260. The van der Waals surface area contributed by atoms with Crippen molar-refractivity contribution in [2.75, 3.05) is 12.4 Å². The molecule has 0 spiro atoms. The fraction of sp³-hybridized carbons (Fsp3) is 0.143. The predicted molar refractivity (Wildman–Crippen MR) is 78.4 cm³/mol. The molecule has 0 aliphatic heterocycles. The number of hydrogen-bond acceptors (Lipinski definition) is 4. The highest BCUT2D eigenvalue weighted by Gasteiger charge is 2.15. The van der Waals surface area contributed by atoms with E-state index < -0.39 is 10.7 Å². The van der Waals surface area contributed by atoms with Gasteiger partial charge in [0, 0.05) is 17.1 Å². The minimum absolute atomic E-state index is 0.225. The molecule has 0 fully saturated rings. The van der Waals surface area contributed by atoms with Gasteiger partial charge < -0.3 is 10.1 Å². The van der Waals surface area contributed by atoms with Crippen LogP contribution in [0.5, 0.6) is 5.75 Å². The first-order valence-electron chi connectivity index (χ1n) is 6.01. The molecule has 2 aromatic rings. The Morgan fingerprint density at radius 1 is 1.33 bits per heavy atom. The van der Waals surface area contributed by atoms with E-state index in [1.165, 1.54) is 13.2 Å². The first-order valence-corrected chi connectivity index (χ1v) is 6.39. The number of ether oxygens (including phenoxy) is 1. The van der Waals surface area contributed by atoms with Crippen molar-refractivity contribution in [1.82, 2.24) is 0 Å². The van der Waals surface area contributed by atoms with Crippen LogP contribution in [0.15, 0.2) is 36.4 Å². The van der Waals surface area contributed by atoms with Crippen LogP contribution in [0.1, 0.15) is 5.56 Å². The maximum atomic E-state index is 13.1. The largest absolute Gasteiger partial charge is 0.496 e. The van der Waals surface area contributed by atoms with Gasteiger partial charge in [-0.25, -0.2) is 4.39 Å². The van der Waals surface area contributed by atoms with Gasteiger partial charge in [-0.15, -0.1) is 0 Å². The van der Waals surface area contributed by atoms with E-state index in [1.54, 1.807) is 18.2 Å². The summed E-state index contributed by atoms with van der Waals surface area (Å²) in [4.78, 5) is 10.3. The summed E-state index contributed by atoms with van der Waals surface area (Å²) in [5.74, 6) is -0.0516. The van der Waals surface area contributed by atoms with Crippen molar-refractivity contribution in [2.24, 2.45) is 0 Å². The molecule has 0 amide bonds. The number of nitrogens with one attached hydrogen (secondary N) is 1. The maximum Gasteiger partial charge on any atom is 0.295 e. The molecule has 5 nitrogen and oxygen atoms in total. The molecule has 110 valence electrons. The van der Waals surface area contributed by atoms with Gasteiger partial charge in [-0.1, -0.05) is 11.6 Å². The Hall–Kier alpha value is -2.34. The quantitative estimate of drug-likeness (QED) is 0.669. The van der Waals surface area contributed by atoms with Gasteiger partial charge >= 0.3 is 0 Å². The zero-order valence-electron chi connectivity index (χ0n) is 11.1. The lowest BCUT2D eigenvalue weighted by atomic mass is 10.2. The van der Waals surface area contributed by atoms with E-state index in [4.69, 9.17) is 16.3 Å². The van der Waals surface area contributed by atoms with Crippen LogP contribution in [0, 0.1) is 15.9 Å². The van der Waals surface area contributed by atoms with E-state index in [-0.39, 0.29) is 17.9 Å². The van der Waals surface area contributed by atoms with Gasteiger partial charge in [0.25, 0.3) is 5.69 Å². The normalized spacial score (nSPS) is 10.2. The molecule has 7 heteroatoms. The molecule has 0 bridgehead atoms. The summed E-state index contributed by atoms with van der Waals surface area (Å²) in [5, 5.41) is 14.3. The highest BCUT2D eigenvalue weighted by atomic mass is 35.5. The summed E-state index contributed by atoms with van der Waals surface area (Å²) < 4.78 is 18.3. The lowest BCUT2D eigenvalue weighted by Crippen LogP contribution is -2.04. The lowest BCUT2D eigenvalue weighted by Gasteiger charge is -2.11. The topological polar surface area (TPSA) is 64.4 Å². The van der Waals surface area contributed by atoms with Crippen molar-refractivity contribution in [3.05, 3.63) is 62.9 Å². The number of nitro benzene ring substituents is 1. The Kier molecular flexibility index (Phi) is 4.59. The van der Waals surface area contributed by atoms with Crippen molar-refractivity contribution in [1.29, 1.82) is 0 Å². The SMILES string of the molecule is COc1ccc(Cl)cc1CNc1ccc(F)cc1[N+](=O)[O-]. The Morgan fingerprint density at radius 3 is 2.76 bits per heavy atom. The Morgan fingerprint density at radius 2 is 2.10 bits per heavy atom. The van der Waals surface area contributed by atoms with E-state index in [2.05, 4.69) is 5.32 Å². The standard InChI is InChI=1S/C14H12ClFN2O3/c1-21-14-5-2-10(15)6-9(14)8-17-12-4-3-11(16)7-13(12)18(19)20/h2-7,17H,8H2,1H3. The van der Waals surface area contributed by atoms with Crippen LogP contribution >= 0.6 is 11.6 Å². The number of nitro groups is 1. The van der Waals surface area contributed by atoms with Gasteiger partial charge in [0.1, 0.15) is 17.3 Å². The smallest absolute Gasteiger partial charge is 0.295 e. The number of benzene rings is 2. The fourth-order valence-corrected chi connectivity index (χ4v) is 2.08. The maximum absolute atomic E-state index is 13.1. The Labute approximate surface area is 125 Å². The second-order valence-corrected chi connectivity index (χ2v) is 4.66. The zero-order valence-corrected chi connectivity index (χ0v) is 11.9. The average molecular weight is 311 g/mol. The van der Waals surface area contributed by atoms with Gasteiger partial charge in [-0.3, -0.25) is 10.1 Å².